The third-order valence-corrected chi connectivity index (χ3v) is 3.24. The van der Waals surface area contributed by atoms with Gasteiger partial charge in [0, 0.05) is 18.7 Å². The molecule has 0 spiro atoms. The number of nitrogens with zero attached hydrogens (tertiary/aromatic N) is 1. The quantitative estimate of drug-likeness (QED) is 0.841. The molecule has 3 heteroatoms. The molecule has 0 bridgehead atoms. The summed E-state index contributed by atoms with van der Waals surface area (Å²) in [5, 5.41) is 0. The summed E-state index contributed by atoms with van der Waals surface area (Å²) in [4.78, 5) is 14.0. The van der Waals surface area contributed by atoms with Crippen molar-refractivity contribution >= 4 is 5.69 Å². The van der Waals surface area contributed by atoms with Gasteiger partial charge in [0.15, 0.2) is 0 Å². The summed E-state index contributed by atoms with van der Waals surface area (Å²) in [6, 6.07) is 11.6. The zero-order chi connectivity index (χ0) is 13.8. The van der Waals surface area contributed by atoms with E-state index in [2.05, 4.69) is 0 Å². The Labute approximate surface area is 113 Å². The molecule has 0 N–H and O–H groups in total. The number of aryl methyl sites for hydroxylation is 1. The molecule has 0 fully saturated rings. The number of hydrogen-bond acceptors (Lipinski definition) is 3. The van der Waals surface area contributed by atoms with Gasteiger partial charge in [-0.15, -0.1) is 0 Å². The molecular formula is C16H19NO2. The maximum atomic E-state index is 12.0. The van der Waals surface area contributed by atoms with E-state index >= 15 is 0 Å². The molecule has 0 aliphatic rings. The highest BCUT2D eigenvalue weighted by molar-refractivity contribution is 5.59. The van der Waals surface area contributed by atoms with E-state index in [1.54, 1.807) is 0 Å². The first-order valence-corrected chi connectivity index (χ1v) is 6.61. The predicted molar refractivity (Wildman–Crippen MR) is 78.7 cm³/mol. The highest BCUT2D eigenvalue weighted by Gasteiger charge is 2.10. The standard InChI is InChI=1S/C16H19NO2/c1-4-17(5-2)14-10-11-15(19-16(14)18)13-8-6-12(3)7-9-13/h6-11H,4-5H2,1-3H3. The molecule has 100 valence electrons. The van der Waals surface area contributed by atoms with Gasteiger partial charge in [0.2, 0.25) is 0 Å². The zero-order valence-corrected chi connectivity index (χ0v) is 11.6. The lowest BCUT2D eigenvalue weighted by Crippen LogP contribution is -2.27. The molecule has 1 aromatic carbocycles. The minimum atomic E-state index is -0.276. The Bertz CT molecular complexity index is 595. The van der Waals surface area contributed by atoms with Crippen LogP contribution in [0.15, 0.2) is 45.6 Å². The van der Waals surface area contributed by atoms with Gasteiger partial charge in [-0.2, -0.15) is 0 Å². The molecule has 0 radical (unpaired) electrons. The lowest BCUT2D eigenvalue weighted by atomic mass is 10.1. The Hall–Kier alpha value is -2.03. The van der Waals surface area contributed by atoms with E-state index in [0.717, 1.165) is 18.7 Å². The van der Waals surface area contributed by atoms with Gasteiger partial charge in [-0.05, 0) is 32.9 Å². The van der Waals surface area contributed by atoms with Gasteiger partial charge >= 0.3 is 5.63 Å². The smallest absolute Gasteiger partial charge is 0.360 e. The monoisotopic (exact) mass is 257 g/mol. The van der Waals surface area contributed by atoms with Crippen molar-refractivity contribution in [2.45, 2.75) is 20.8 Å². The van der Waals surface area contributed by atoms with Gasteiger partial charge in [-0.3, -0.25) is 0 Å². The van der Waals surface area contributed by atoms with E-state index in [9.17, 15) is 4.79 Å². The van der Waals surface area contributed by atoms with Crippen molar-refractivity contribution < 1.29 is 4.42 Å². The maximum Gasteiger partial charge on any atom is 0.360 e. The fourth-order valence-electron chi connectivity index (χ4n) is 2.08. The molecule has 1 heterocycles. The summed E-state index contributed by atoms with van der Waals surface area (Å²) < 4.78 is 5.42. The topological polar surface area (TPSA) is 33.5 Å². The van der Waals surface area contributed by atoms with Gasteiger partial charge in [0.1, 0.15) is 11.4 Å². The molecule has 2 aromatic rings. The summed E-state index contributed by atoms with van der Waals surface area (Å²) in [5.74, 6) is 0.612. The first-order valence-electron chi connectivity index (χ1n) is 6.61. The molecule has 2 rings (SSSR count). The van der Waals surface area contributed by atoms with Gasteiger partial charge in [-0.25, -0.2) is 4.79 Å². The Morgan fingerprint density at radius 2 is 1.63 bits per heavy atom. The molecule has 0 saturated carbocycles. The first-order chi connectivity index (χ1) is 9.15. The third-order valence-electron chi connectivity index (χ3n) is 3.24. The van der Waals surface area contributed by atoms with Crippen LogP contribution in [-0.2, 0) is 0 Å². The van der Waals surface area contributed by atoms with Crippen molar-refractivity contribution in [1.29, 1.82) is 0 Å². The van der Waals surface area contributed by atoms with Crippen LogP contribution < -0.4 is 10.5 Å². The van der Waals surface area contributed by atoms with Gasteiger partial charge in [-0.1, -0.05) is 29.8 Å². The average molecular weight is 257 g/mol. The van der Waals surface area contributed by atoms with Crippen LogP contribution in [0.25, 0.3) is 11.3 Å². The van der Waals surface area contributed by atoms with Crippen LogP contribution in [0, 0.1) is 6.92 Å². The molecule has 1 aromatic heterocycles. The summed E-state index contributed by atoms with van der Waals surface area (Å²) in [6.07, 6.45) is 0. The fourth-order valence-corrected chi connectivity index (χ4v) is 2.08. The average Bonchev–Trinajstić information content (AvgIpc) is 2.42. The Morgan fingerprint density at radius 3 is 2.16 bits per heavy atom. The Morgan fingerprint density at radius 1 is 1.00 bits per heavy atom. The Kier molecular flexibility index (Phi) is 4.05. The van der Waals surface area contributed by atoms with Crippen molar-refractivity contribution in [1.82, 2.24) is 0 Å². The maximum absolute atomic E-state index is 12.0. The fraction of sp³-hybridized carbons (Fsp3) is 0.312. The first kappa shape index (κ1) is 13.4. The lowest BCUT2D eigenvalue weighted by molar-refractivity contribution is 0.523. The predicted octanol–water partition coefficient (Wildman–Crippen LogP) is 3.46. The summed E-state index contributed by atoms with van der Waals surface area (Å²) in [6.45, 7) is 7.67. The molecule has 3 nitrogen and oxygen atoms in total. The molecular weight excluding hydrogens is 238 g/mol. The van der Waals surface area contributed by atoms with Crippen molar-refractivity contribution in [2.75, 3.05) is 18.0 Å². The van der Waals surface area contributed by atoms with E-state index in [-0.39, 0.29) is 5.63 Å². The van der Waals surface area contributed by atoms with E-state index in [1.807, 2.05) is 62.1 Å². The van der Waals surface area contributed by atoms with Crippen LogP contribution in [-0.4, -0.2) is 13.1 Å². The molecule has 0 atom stereocenters. The molecule has 0 amide bonds. The second kappa shape index (κ2) is 5.74. The summed E-state index contributed by atoms with van der Waals surface area (Å²) in [5.41, 5.74) is 2.46. The largest absolute Gasteiger partial charge is 0.421 e. The highest BCUT2D eigenvalue weighted by Crippen LogP contribution is 2.20. The van der Waals surface area contributed by atoms with Gasteiger partial charge < -0.3 is 9.32 Å². The molecule has 0 aliphatic carbocycles. The van der Waals surface area contributed by atoms with Crippen molar-refractivity contribution in [3.8, 4) is 11.3 Å². The number of benzene rings is 1. The molecule has 19 heavy (non-hydrogen) atoms. The normalized spacial score (nSPS) is 10.5. The van der Waals surface area contributed by atoms with Crippen LogP contribution in [0.5, 0.6) is 0 Å². The molecule has 0 unspecified atom stereocenters. The summed E-state index contributed by atoms with van der Waals surface area (Å²) in [7, 11) is 0. The van der Waals surface area contributed by atoms with Crippen LogP contribution >= 0.6 is 0 Å². The SMILES string of the molecule is CCN(CC)c1ccc(-c2ccc(C)cc2)oc1=O. The third kappa shape index (κ3) is 2.87. The van der Waals surface area contributed by atoms with E-state index < -0.39 is 0 Å². The minimum Gasteiger partial charge on any atom is -0.421 e. The van der Waals surface area contributed by atoms with Crippen LogP contribution in [0.4, 0.5) is 5.69 Å². The lowest BCUT2D eigenvalue weighted by Gasteiger charge is -2.19. The van der Waals surface area contributed by atoms with Crippen molar-refractivity contribution in [3.63, 3.8) is 0 Å². The second-order valence-corrected chi connectivity index (χ2v) is 4.51. The highest BCUT2D eigenvalue weighted by atomic mass is 16.4. The Balaban J connectivity index is 2.38. The van der Waals surface area contributed by atoms with Crippen LogP contribution in [0.1, 0.15) is 19.4 Å². The van der Waals surface area contributed by atoms with Crippen molar-refractivity contribution in [2.24, 2.45) is 0 Å². The van der Waals surface area contributed by atoms with Crippen molar-refractivity contribution in [3.05, 3.63) is 52.4 Å². The number of rotatable bonds is 4. The van der Waals surface area contributed by atoms with Gasteiger partial charge in [0.05, 0.1) is 0 Å². The van der Waals surface area contributed by atoms with E-state index in [1.165, 1.54) is 5.56 Å². The summed E-state index contributed by atoms with van der Waals surface area (Å²) >= 11 is 0. The number of anilines is 1. The van der Waals surface area contributed by atoms with Crippen LogP contribution in [0.2, 0.25) is 0 Å². The number of hydrogen-bond donors (Lipinski definition) is 0. The minimum absolute atomic E-state index is 0.276. The van der Waals surface area contributed by atoms with Crippen LogP contribution in [0.3, 0.4) is 0 Å². The van der Waals surface area contributed by atoms with Gasteiger partial charge in [0.25, 0.3) is 0 Å². The molecule has 0 aliphatic heterocycles. The van der Waals surface area contributed by atoms with E-state index in [4.69, 9.17) is 4.42 Å². The zero-order valence-electron chi connectivity index (χ0n) is 11.6. The molecule has 0 saturated heterocycles. The van der Waals surface area contributed by atoms with E-state index in [0.29, 0.717) is 11.4 Å². The second-order valence-electron chi connectivity index (χ2n) is 4.51.